The Hall–Kier alpha value is -2.09. The lowest BCUT2D eigenvalue weighted by atomic mass is 10.2. The molecule has 0 spiro atoms. The van der Waals surface area contributed by atoms with Crippen LogP contribution in [0.15, 0.2) is 53.3 Å². The highest BCUT2D eigenvalue weighted by atomic mass is 31.2. The summed E-state index contributed by atoms with van der Waals surface area (Å²) in [7, 11) is -2.42. The van der Waals surface area contributed by atoms with Gasteiger partial charge in [0.05, 0.1) is 18.8 Å². The minimum Gasteiger partial charge on any atom is -0.395 e. The van der Waals surface area contributed by atoms with Crippen molar-refractivity contribution >= 4 is 24.0 Å². The van der Waals surface area contributed by atoms with Crippen LogP contribution in [-0.2, 0) is 4.57 Å². The predicted octanol–water partition coefficient (Wildman–Crippen LogP) is 3.01. The number of aliphatic hydroxyl groups is 2. The number of nitrogens with one attached hydrogen (secondary N) is 1. The van der Waals surface area contributed by atoms with Crippen molar-refractivity contribution in [3.05, 3.63) is 48.3 Å². The Labute approximate surface area is 168 Å². The summed E-state index contributed by atoms with van der Waals surface area (Å²) >= 11 is 0. The molecular formula is C19H27F3N3O3P. The second kappa shape index (κ2) is 10.6. The first-order chi connectivity index (χ1) is 13.4. The van der Waals surface area contributed by atoms with E-state index in [4.69, 9.17) is 0 Å². The van der Waals surface area contributed by atoms with Crippen LogP contribution in [0.2, 0.25) is 0 Å². The average Bonchev–Trinajstić information content (AvgIpc) is 2.60. The van der Waals surface area contributed by atoms with Gasteiger partial charge in [-0.2, -0.15) is 13.2 Å². The number of anilines is 1. The van der Waals surface area contributed by atoms with Gasteiger partial charge in [-0.25, -0.2) is 4.99 Å². The Morgan fingerprint density at radius 1 is 1.21 bits per heavy atom. The molecular weight excluding hydrogens is 406 g/mol. The second-order valence-corrected chi connectivity index (χ2v) is 9.76. The zero-order valence-corrected chi connectivity index (χ0v) is 17.6. The Kier molecular flexibility index (Phi) is 9.14. The van der Waals surface area contributed by atoms with Crippen LogP contribution in [0.5, 0.6) is 0 Å². The van der Waals surface area contributed by atoms with Crippen LogP contribution in [0.25, 0.3) is 0 Å². The number of nitrogens with zero attached hydrogens (tertiary/aromatic N) is 2. The highest BCUT2D eigenvalue weighted by molar-refractivity contribution is 7.70. The van der Waals surface area contributed by atoms with Gasteiger partial charge in [0, 0.05) is 24.1 Å². The molecule has 0 bridgehead atoms. The summed E-state index contributed by atoms with van der Waals surface area (Å²) in [5.74, 6) is -0.516. The summed E-state index contributed by atoms with van der Waals surface area (Å²) in [6.45, 7) is 7.06. The molecule has 0 fully saturated rings. The fourth-order valence-electron chi connectivity index (χ4n) is 2.51. The predicted molar refractivity (Wildman–Crippen MR) is 111 cm³/mol. The van der Waals surface area contributed by atoms with Crippen LogP contribution in [0, 0.1) is 0 Å². The topological polar surface area (TPSA) is 85.2 Å². The van der Waals surface area contributed by atoms with Gasteiger partial charge in [-0.05, 0) is 44.5 Å². The highest BCUT2D eigenvalue weighted by Gasteiger charge is 2.38. The quantitative estimate of drug-likeness (QED) is 0.317. The van der Waals surface area contributed by atoms with Crippen molar-refractivity contribution in [1.29, 1.82) is 0 Å². The minimum atomic E-state index is -4.68. The number of aliphatic imine (C=N–C) groups is 1. The third-order valence-electron chi connectivity index (χ3n) is 3.89. The number of allylic oxidation sites excluding steroid dienone is 1. The summed E-state index contributed by atoms with van der Waals surface area (Å²) in [6.07, 6.45) is -3.80. The van der Waals surface area contributed by atoms with Crippen LogP contribution in [-0.4, -0.2) is 66.8 Å². The summed E-state index contributed by atoms with van der Waals surface area (Å²) in [5, 5.41) is 21.9. The maximum Gasteiger partial charge on any atom is 0.419 e. The summed E-state index contributed by atoms with van der Waals surface area (Å²) in [4.78, 5) is 5.13. The second-order valence-electron chi connectivity index (χ2n) is 6.54. The maximum atomic E-state index is 13.5. The fraction of sp³-hybridized carbons (Fsp3) is 0.421. The van der Waals surface area contributed by atoms with Crippen molar-refractivity contribution in [1.82, 2.24) is 4.90 Å². The number of hydrogen-bond acceptors (Lipinski definition) is 5. The van der Waals surface area contributed by atoms with Gasteiger partial charge >= 0.3 is 6.18 Å². The average molecular weight is 433 g/mol. The number of hydrogen-bond donors (Lipinski definition) is 3. The third kappa shape index (κ3) is 7.68. The number of alkyl halides is 3. The van der Waals surface area contributed by atoms with Crippen LogP contribution in [0.3, 0.4) is 0 Å². The molecule has 0 atom stereocenters. The van der Waals surface area contributed by atoms with Crippen molar-refractivity contribution in [2.45, 2.75) is 13.1 Å². The molecule has 0 aliphatic rings. The maximum absolute atomic E-state index is 13.5. The summed E-state index contributed by atoms with van der Waals surface area (Å²) in [6, 6.07) is 6.60. The first kappa shape index (κ1) is 24.9. The molecule has 0 aliphatic carbocycles. The van der Waals surface area contributed by atoms with Crippen molar-refractivity contribution in [3.63, 3.8) is 0 Å². The lowest BCUT2D eigenvalue weighted by Crippen LogP contribution is -2.40. The smallest absolute Gasteiger partial charge is 0.395 e. The molecule has 0 radical (unpaired) electrons. The van der Waals surface area contributed by atoms with E-state index in [1.165, 1.54) is 6.92 Å². The van der Waals surface area contributed by atoms with Crippen LogP contribution >= 0.6 is 7.14 Å². The van der Waals surface area contributed by atoms with E-state index in [-0.39, 0.29) is 18.9 Å². The van der Waals surface area contributed by atoms with Gasteiger partial charge in [0.25, 0.3) is 0 Å². The van der Waals surface area contributed by atoms with Gasteiger partial charge in [-0.3, -0.25) is 0 Å². The fourth-order valence-corrected chi connectivity index (χ4v) is 3.38. The number of aliphatic hydroxyl groups excluding tert-OH is 2. The standard InChI is InChI=1S/C19H27F3N3O3P/c1-5-17(19(20,21)22)18(25(10-12-26)11-13-27)24-14(2)23-15-6-8-16(9-7-15)29(3,4)28/h5-9,23,26-27H,2,10-13H2,1,3-4H3/b17-5+,24-18+. The first-order valence-electron chi connectivity index (χ1n) is 8.84. The van der Waals surface area contributed by atoms with Crippen LogP contribution in [0.4, 0.5) is 18.9 Å². The molecule has 1 aromatic carbocycles. The van der Waals surface area contributed by atoms with Crippen molar-refractivity contribution < 1.29 is 27.9 Å². The summed E-state index contributed by atoms with van der Waals surface area (Å²) < 4.78 is 52.5. The molecule has 1 aromatic rings. The zero-order chi connectivity index (χ0) is 22.2. The van der Waals surface area contributed by atoms with Crippen LogP contribution in [0.1, 0.15) is 6.92 Å². The molecule has 0 unspecified atom stereocenters. The Morgan fingerprint density at radius 2 is 1.72 bits per heavy atom. The molecule has 0 aromatic heterocycles. The van der Waals surface area contributed by atoms with E-state index in [2.05, 4.69) is 16.9 Å². The largest absolute Gasteiger partial charge is 0.419 e. The molecule has 0 heterocycles. The van der Waals surface area contributed by atoms with Crippen molar-refractivity contribution in [2.75, 3.05) is 44.9 Å². The van der Waals surface area contributed by atoms with E-state index < -0.39 is 37.9 Å². The molecule has 162 valence electrons. The number of halogens is 3. The van der Waals surface area contributed by atoms with E-state index in [0.717, 1.165) is 11.0 Å². The van der Waals surface area contributed by atoms with Gasteiger partial charge in [-0.15, -0.1) is 0 Å². The lowest BCUT2D eigenvalue weighted by molar-refractivity contribution is -0.0872. The van der Waals surface area contributed by atoms with Gasteiger partial charge in [0.15, 0.2) is 0 Å². The molecule has 0 amide bonds. The van der Waals surface area contributed by atoms with Crippen molar-refractivity contribution in [3.8, 4) is 0 Å². The number of amidine groups is 1. The van der Waals surface area contributed by atoms with E-state index in [1.807, 2.05) is 0 Å². The minimum absolute atomic E-state index is 0.0617. The first-order valence-corrected chi connectivity index (χ1v) is 11.4. The van der Waals surface area contributed by atoms with E-state index in [1.54, 1.807) is 37.6 Å². The Bertz CT molecular complexity index is 793. The number of benzene rings is 1. The van der Waals surface area contributed by atoms with Gasteiger partial charge in [-0.1, -0.05) is 12.7 Å². The third-order valence-corrected chi connectivity index (χ3v) is 5.43. The SMILES string of the molecule is C=C(/N=C(\C(=C/C)C(F)(F)F)N(CCO)CCO)Nc1ccc(P(C)(C)=O)cc1. The normalized spacial score (nSPS) is 13.4. The molecule has 0 saturated heterocycles. The molecule has 29 heavy (non-hydrogen) atoms. The molecule has 6 nitrogen and oxygen atoms in total. The Morgan fingerprint density at radius 3 is 2.10 bits per heavy atom. The molecule has 0 saturated carbocycles. The Balaban J connectivity index is 3.23. The van der Waals surface area contributed by atoms with Gasteiger partial charge in [0.2, 0.25) is 0 Å². The lowest BCUT2D eigenvalue weighted by Gasteiger charge is -2.27. The van der Waals surface area contributed by atoms with E-state index in [0.29, 0.717) is 11.0 Å². The van der Waals surface area contributed by atoms with Gasteiger partial charge in [0.1, 0.15) is 18.8 Å². The van der Waals surface area contributed by atoms with E-state index >= 15 is 0 Å². The monoisotopic (exact) mass is 433 g/mol. The van der Waals surface area contributed by atoms with Gasteiger partial charge < -0.3 is 25.0 Å². The molecule has 3 N–H and O–H groups in total. The van der Waals surface area contributed by atoms with Crippen molar-refractivity contribution in [2.24, 2.45) is 4.99 Å². The molecule has 10 heteroatoms. The number of rotatable bonds is 9. The highest BCUT2D eigenvalue weighted by Crippen LogP contribution is 2.34. The summed E-state index contributed by atoms with van der Waals surface area (Å²) in [5.41, 5.74) is -0.490. The molecule has 0 aliphatic heterocycles. The van der Waals surface area contributed by atoms with E-state index in [9.17, 15) is 27.9 Å². The van der Waals surface area contributed by atoms with Crippen LogP contribution < -0.4 is 10.6 Å². The zero-order valence-electron chi connectivity index (χ0n) is 16.7. The molecule has 1 rings (SSSR count).